The van der Waals surface area contributed by atoms with Crippen LogP contribution < -0.4 is 16.4 Å². The topological polar surface area (TPSA) is 140 Å². The number of pyridine rings is 1. The summed E-state index contributed by atoms with van der Waals surface area (Å²) in [6.45, 7) is 8.11. The number of hydrogen-bond donors (Lipinski definition) is 3. The van der Waals surface area contributed by atoms with E-state index in [1.165, 1.54) is 0 Å². The molecule has 0 spiro atoms. The number of aryl methyl sites for hydroxylation is 1. The van der Waals surface area contributed by atoms with Gasteiger partial charge in [0.1, 0.15) is 0 Å². The first-order chi connectivity index (χ1) is 14.0. The molecule has 10 heteroatoms. The Labute approximate surface area is 174 Å². The highest BCUT2D eigenvalue weighted by molar-refractivity contribution is 6.05. The second-order valence-electron chi connectivity index (χ2n) is 8.27. The van der Waals surface area contributed by atoms with Gasteiger partial charge >= 0.3 is 0 Å². The van der Waals surface area contributed by atoms with Crippen LogP contribution in [0.1, 0.15) is 37.0 Å². The molecule has 2 aromatic rings. The van der Waals surface area contributed by atoms with Crippen molar-refractivity contribution in [2.45, 2.75) is 39.3 Å². The van der Waals surface area contributed by atoms with Gasteiger partial charge in [0.2, 0.25) is 17.4 Å². The first-order valence-electron chi connectivity index (χ1n) is 9.70. The summed E-state index contributed by atoms with van der Waals surface area (Å²) in [6, 6.07) is 3.53. The highest BCUT2D eigenvalue weighted by atomic mass is 16.5. The van der Waals surface area contributed by atoms with Crippen LogP contribution in [-0.2, 0) is 14.3 Å². The number of morpholine rings is 1. The lowest BCUT2D eigenvalue weighted by Crippen LogP contribution is -2.55. The lowest BCUT2D eigenvalue weighted by atomic mass is 10.1. The molecule has 0 saturated carbocycles. The number of amides is 3. The van der Waals surface area contributed by atoms with Crippen molar-refractivity contribution >= 4 is 34.5 Å². The molecule has 1 aliphatic rings. The first kappa shape index (κ1) is 21.6. The van der Waals surface area contributed by atoms with Gasteiger partial charge in [-0.2, -0.15) is 0 Å². The van der Waals surface area contributed by atoms with Crippen LogP contribution in [0.3, 0.4) is 0 Å². The monoisotopic (exact) mass is 417 g/mol. The van der Waals surface area contributed by atoms with E-state index in [9.17, 15) is 14.4 Å². The molecule has 30 heavy (non-hydrogen) atoms. The summed E-state index contributed by atoms with van der Waals surface area (Å²) in [4.78, 5) is 42.6. The van der Waals surface area contributed by atoms with Crippen LogP contribution >= 0.6 is 0 Å². The molecule has 0 aromatic carbocycles. The normalized spacial score (nSPS) is 17.1. The first-order valence-corrected chi connectivity index (χ1v) is 9.70. The Morgan fingerprint density at radius 2 is 2.03 bits per heavy atom. The summed E-state index contributed by atoms with van der Waals surface area (Å²) in [5.74, 6) is -1.34. The molecule has 162 valence electrons. The number of rotatable bonds is 5. The number of primary amides is 1. The van der Waals surface area contributed by atoms with Crippen LogP contribution in [0.4, 0.5) is 5.69 Å². The number of anilines is 1. The maximum Gasteiger partial charge on any atom is 0.286 e. The van der Waals surface area contributed by atoms with E-state index >= 15 is 0 Å². The van der Waals surface area contributed by atoms with Gasteiger partial charge in [-0.3, -0.25) is 14.4 Å². The van der Waals surface area contributed by atoms with Crippen molar-refractivity contribution in [3.63, 3.8) is 0 Å². The molecular weight excluding hydrogens is 390 g/mol. The summed E-state index contributed by atoms with van der Waals surface area (Å²) in [7, 11) is 0. The van der Waals surface area contributed by atoms with E-state index in [1.54, 1.807) is 24.0 Å². The van der Waals surface area contributed by atoms with E-state index in [2.05, 4.69) is 15.6 Å². The van der Waals surface area contributed by atoms with Crippen LogP contribution in [0.2, 0.25) is 0 Å². The summed E-state index contributed by atoms with van der Waals surface area (Å²) in [5, 5.41) is 6.37. The highest BCUT2D eigenvalue weighted by Crippen LogP contribution is 2.29. The molecule has 1 unspecified atom stereocenters. The number of carbonyl (C=O) groups is 3. The van der Waals surface area contributed by atoms with E-state index in [0.29, 0.717) is 17.6 Å². The van der Waals surface area contributed by atoms with Gasteiger partial charge < -0.3 is 30.4 Å². The minimum Gasteiger partial charge on any atom is -0.430 e. The zero-order valence-electron chi connectivity index (χ0n) is 17.6. The zero-order valence-corrected chi connectivity index (χ0v) is 17.6. The molecule has 1 atom stereocenters. The fourth-order valence-electron chi connectivity index (χ4n) is 3.18. The predicted octanol–water partition coefficient (Wildman–Crippen LogP) is 0.789. The molecule has 0 radical (unpaired) electrons. The van der Waals surface area contributed by atoms with E-state index in [0.717, 1.165) is 5.69 Å². The van der Waals surface area contributed by atoms with Gasteiger partial charge in [-0.15, -0.1) is 0 Å². The van der Waals surface area contributed by atoms with Gasteiger partial charge in [-0.25, -0.2) is 4.98 Å². The van der Waals surface area contributed by atoms with Gasteiger partial charge in [-0.1, -0.05) is 0 Å². The van der Waals surface area contributed by atoms with Gasteiger partial charge in [0.25, 0.3) is 11.8 Å². The zero-order chi connectivity index (χ0) is 22.1. The molecule has 0 aliphatic carbocycles. The van der Waals surface area contributed by atoms with Crippen molar-refractivity contribution in [3.05, 3.63) is 23.6 Å². The fraction of sp³-hybridized carbons (Fsp3) is 0.500. The third-order valence-electron chi connectivity index (χ3n) is 4.54. The van der Waals surface area contributed by atoms with Gasteiger partial charge in [-0.05, 0) is 39.8 Å². The maximum absolute atomic E-state index is 12.7. The average Bonchev–Trinajstić information content (AvgIpc) is 3.02. The standard InChI is InChI=1S/C20H27N5O5/c1-11-5-6-12-15(16(17(21)27)30-19(12)23-11)22-9-14(26)25-7-8-29-13(10-25)18(28)24-20(2,3)4/h5-6,13,22H,7-10H2,1-4H3,(H2,21,27)(H,24,28). The molecule has 1 aliphatic heterocycles. The Hall–Kier alpha value is -3.14. The number of nitrogens with zero attached hydrogens (tertiary/aromatic N) is 2. The smallest absolute Gasteiger partial charge is 0.286 e. The van der Waals surface area contributed by atoms with Crippen LogP contribution in [0.25, 0.3) is 11.1 Å². The van der Waals surface area contributed by atoms with Crippen LogP contribution in [0.5, 0.6) is 0 Å². The number of carbonyl (C=O) groups excluding carboxylic acids is 3. The highest BCUT2D eigenvalue weighted by Gasteiger charge is 2.31. The molecular formula is C20H27N5O5. The Morgan fingerprint density at radius 1 is 1.30 bits per heavy atom. The molecule has 2 aromatic heterocycles. The van der Waals surface area contributed by atoms with Gasteiger partial charge in [0, 0.05) is 17.8 Å². The Morgan fingerprint density at radius 3 is 2.70 bits per heavy atom. The maximum atomic E-state index is 12.7. The molecule has 4 N–H and O–H groups in total. The van der Waals surface area contributed by atoms with E-state index in [4.69, 9.17) is 14.9 Å². The number of nitrogens with two attached hydrogens (primary N) is 1. The molecule has 1 fully saturated rings. The van der Waals surface area contributed by atoms with Gasteiger partial charge in [0.05, 0.1) is 30.8 Å². The minimum absolute atomic E-state index is 0.0830. The third kappa shape index (κ3) is 4.88. The quantitative estimate of drug-likeness (QED) is 0.653. The number of fused-ring (bicyclic) bond motifs is 1. The fourth-order valence-corrected chi connectivity index (χ4v) is 3.18. The van der Waals surface area contributed by atoms with Crippen LogP contribution in [0.15, 0.2) is 16.5 Å². The largest absolute Gasteiger partial charge is 0.430 e. The summed E-state index contributed by atoms with van der Waals surface area (Å²) in [6.07, 6.45) is -0.731. The Bertz CT molecular complexity index is 978. The molecule has 0 bridgehead atoms. The number of furan rings is 1. The number of aromatic nitrogens is 1. The second kappa shape index (κ2) is 8.31. The molecule has 3 amide bonds. The average molecular weight is 417 g/mol. The third-order valence-corrected chi connectivity index (χ3v) is 4.54. The molecule has 1 saturated heterocycles. The van der Waals surface area contributed by atoms with Crippen molar-refractivity contribution in [1.29, 1.82) is 0 Å². The molecule has 3 rings (SSSR count). The van der Waals surface area contributed by atoms with E-state index < -0.39 is 17.6 Å². The van der Waals surface area contributed by atoms with E-state index in [1.807, 2.05) is 20.8 Å². The van der Waals surface area contributed by atoms with Crippen LogP contribution in [0, 0.1) is 6.92 Å². The second-order valence-corrected chi connectivity index (χ2v) is 8.27. The van der Waals surface area contributed by atoms with E-state index in [-0.39, 0.29) is 43.0 Å². The van der Waals surface area contributed by atoms with Crippen molar-refractivity contribution < 1.29 is 23.5 Å². The lowest BCUT2D eigenvalue weighted by molar-refractivity contribution is -0.147. The number of hydrogen-bond acceptors (Lipinski definition) is 7. The van der Waals surface area contributed by atoms with Gasteiger partial charge in [0.15, 0.2) is 6.10 Å². The van der Waals surface area contributed by atoms with Crippen LogP contribution in [-0.4, -0.2) is 65.5 Å². The number of nitrogens with one attached hydrogen (secondary N) is 2. The summed E-state index contributed by atoms with van der Waals surface area (Å²) < 4.78 is 11.0. The van der Waals surface area contributed by atoms with Crippen molar-refractivity contribution in [2.24, 2.45) is 5.73 Å². The SMILES string of the molecule is Cc1ccc2c(NCC(=O)N3CCOC(C(=O)NC(C)(C)C)C3)c(C(N)=O)oc2n1. The van der Waals surface area contributed by atoms with Crippen molar-refractivity contribution in [1.82, 2.24) is 15.2 Å². The summed E-state index contributed by atoms with van der Waals surface area (Å²) >= 11 is 0. The minimum atomic E-state index is -0.758. The molecule has 10 nitrogen and oxygen atoms in total. The number of ether oxygens (including phenoxy) is 1. The molecule has 3 heterocycles. The Balaban J connectivity index is 1.69. The predicted molar refractivity (Wildman–Crippen MR) is 110 cm³/mol. The van der Waals surface area contributed by atoms with Crippen molar-refractivity contribution in [2.75, 3.05) is 31.6 Å². The van der Waals surface area contributed by atoms with Crippen molar-refractivity contribution in [3.8, 4) is 0 Å². The Kier molecular flexibility index (Phi) is 5.97. The lowest BCUT2D eigenvalue weighted by Gasteiger charge is -2.34. The summed E-state index contributed by atoms with van der Waals surface area (Å²) in [5.41, 5.74) is 6.34.